The Morgan fingerprint density at radius 3 is 2.33 bits per heavy atom. The number of benzene rings is 2. The lowest BCUT2D eigenvalue weighted by Gasteiger charge is -2.32. The van der Waals surface area contributed by atoms with Gasteiger partial charge < -0.3 is 10.2 Å². The van der Waals surface area contributed by atoms with Gasteiger partial charge in [-0.2, -0.15) is 0 Å². The van der Waals surface area contributed by atoms with Crippen LogP contribution in [0.2, 0.25) is 0 Å². The number of para-hydroxylation sites is 2. The van der Waals surface area contributed by atoms with E-state index in [-0.39, 0.29) is 5.91 Å². The largest absolute Gasteiger partial charge is 0.339 e. The van der Waals surface area contributed by atoms with Crippen LogP contribution in [-0.4, -0.2) is 22.6 Å². The van der Waals surface area contributed by atoms with Crippen molar-refractivity contribution in [2.24, 2.45) is 0 Å². The molecule has 1 N–H and O–H groups in total. The summed E-state index contributed by atoms with van der Waals surface area (Å²) in [6.07, 6.45) is 0.382. The maximum atomic E-state index is 12.2. The Morgan fingerprint density at radius 2 is 1.71 bits per heavy atom. The van der Waals surface area contributed by atoms with E-state index in [1.54, 1.807) is 17.3 Å². The number of carbonyl (C=O) groups excluding carboxylic acids is 1. The van der Waals surface area contributed by atoms with Crippen LogP contribution in [0.25, 0.3) is 0 Å². The van der Waals surface area contributed by atoms with Crippen LogP contribution < -0.4 is 10.2 Å². The molecule has 0 aliphatic carbocycles. The Hall–Kier alpha value is -2.38. The lowest BCUT2D eigenvalue weighted by atomic mass is 10.2. The standard InChI is InChI=1S/C17H14N4OS2/c22-16(19-17-20-18-11-23-17)9-10-21-12-5-1-3-7-14(12)24-15-8-4-2-6-13(15)21/h1-8,11H,9-10H2,(H,19,20,22). The number of fused-ring (bicyclic) bond motifs is 2. The molecule has 0 unspecified atom stereocenters. The highest BCUT2D eigenvalue weighted by Crippen LogP contribution is 2.47. The van der Waals surface area contributed by atoms with E-state index in [4.69, 9.17) is 0 Å². The molecule has 4 rings (SSSR count). The molecule has 7 heteroatoms. The zero-order valence-electron chi connectivity index (χ0n) is 12.7. The van der Waals surface area contributed by atoms with Gasteiger partial charge in [-0.05, 0) is 24.3 Å². The summed E-state index contributed by atoms with van der Waals surface area (Å²) in [4.78, 5) is 16.8. The van der Waals surface area contributed by atoms with Crippen molar-refractivity contribution in [1.29, 1.82) is 0 Å². The minimum atomic E-state index is -0.0556. The zero-order chi connectivity index (χ0) is 16.4. The number of hydrogen-bond donors (Lipinski definition) is 1. The summed E-state index contributed by atoms with van der Waals surface area (Å²) in [5.41, 5.74) is 3.89. The molecule has 3 aromatic rings. The van der Waals surface area contributed by atoms with Gasteiger partial charge in [0.05, 0.1) is 11.4 Å². The van der Waals surface area contributed by atoms with Crippen LogP contribution in [0.4, 0.5) is 16.5 Å². The first-order chi connectivity index (χ1) is 11.8. The SMILES string of the molecule is O=C(CCN1c2ccccc2Sc2ccccc21)Nc1nncs1. The van der Waals surface area contributed by atoms with E-state index >= 15 is 0 Å². The Morgan fingerprint density at radius 1 is 1.04 bits per heavy atom. The first-order valence-electron chi connectivity index (χ1n) is 7.51. The molecule has 0 radical (unpaired) electrons. The van der Waals surface area contributed by atoms with E-state index < -0.39 is 0 Å². The number of anilines is 3. The molecule has 120 valence electrons. The van der Waals surface area contributed by atoms with Crippen molar-refractivity contribution < 1.29 is 4.79 Å². The van der Waals surface area contributed by atoms with Crippen LogP contribution in [0.1, 0.15) is 6.42 Å². The quantitative estimate of drug-likeness (QED) is 0.762. The van der Waals surface area contributed by atoms with Gasteiger partial charge in [0, 0.05) is 22.8 Å². The summed E-state index contributed by atoms with van der Waals surface area (Å²) in [5.74, 6) is -0.0556. The van der Waals surface area contributed by atoms with Crippen LogP contribution in [0, 0.1) is 0 Å². The fourth-order valence-corrected chi connectivity index (χ4v) is 4.20. The van der Waals surface area contributed by atoms with Gasteiger partial charge in [0.1, 0.15) is 5.51 Å². The van der Waals surface area contributed by atoms with Gasteiger partial charge in [0.15, 0.2) is 0 Å². The summed E-state index contributed by atoms with van der Waals surface area (Å²) >= 11 is 3.08. The lowest BCUT2D eigenvalue weighted by molar-refractivity contribution is -0.116. The summed E-state index contributed by atoms with van der Waals surface area (Å²) in [5, 5.41) is 10.9. The average molecular weight is 354 g/mol. The van der Waals surface area contributed by atoms with E-state index in [0.717, 1.165) is 11.4 Å². The molecule has 1 aliphatic rings. The van der Waals surface area contributed by atoms with Gasteiger partial charge in [-0.25, -0.2) is 0 Å². The predicted octanol–water partition coefficient (Wildman–Crippen LogP) is 4.17. The monoisotopic (exact) mass is 354 g/mol. The third kappa shape index (κ3) is 3.00. The average Bonchev–Trinajstić information content (AvgIpc) is 3.11. The summed E-state index contributed by atoms with van der Waals surface area (Å²) in [7, 11) is 0. The second kappa shape index (κ2) is 6.62. The Balaban J connectivity index is 1.55. The first kappa shape index (κ1) is 15.2. The topological polar surface area (TPSA) is 58.1 Å². The Labute approximate surface area is 147 Å². The van der Waals surface area contributed by atoms with E-state index in [1.165, 1.54) is 21.1 Å². The van der Waals surface area contributed by atoms with Crippen molar-refractivity contribution in [3.63, 3.8) is 0 Å². The smallest absolute Gasteiger partial charge is 0.227 e. The van der Waals surface area contributed by atoms with Crippen LogP contribution >= 0.6 is 23.1 Å². The van der Waals surface area contributed by atoms with E-state index in [2.05, 4.69) is 44.7 Å². The van der Waals surface area contributed by atoms with Crippen LogP contribution in [0.3, 0.4) is 0 Å². The third-order valence-electron chi connectivity index (χ3n) is 3.70. The van der Waals surface area contributed by atoms with Gasteiger partial charge in [0.25, 0.3) is 0 Å². The number of aromatic nitrogens is 2. The van der Waals surface area contributed by atoms with Crippen LogP contribution in [0.15, 0.2) is 63.8 Å². The molecule has 24 heavy (non-hydrogen) atoms. The Bertz CT molecular complexity index is 821. The summed E-state index contributed by atoms with van der Waals surface area (Å²) in [6.45, 7) is 0.610. The molecule has 0 bridgehead atoms. The molecule has 0 spiro atoms. The van der Waals surface area contributed by atoms with E-state index in [0.29, 0.717) is 18.1 Å². The highest BCUT2D eigenvalue weighted by molar-refractivity contribution is 7.99. The molecule has 1 aliphatic heterocycles. The Kier molecular flexibility index (Phi) is 4.18. The molecule has 1 amide bonds. The molecule has 1 aromatic heterocycles. The number of hydrogen-bond acceptors (Lipinski definition) is 6. The molecular formula is C17H14N4OS2. The number of rotatable bonds is 4. The molecule has 2 heterocycles. The van der Waals surface area contributed by atoms with Crippen molar-refractivity contribution in [2.45, 2.75) is 16.2 Å². The van der Waals surface area contributed by atoms with Crippen molar-refractivity contribution in [1.82, 2.24) is 10.2 Å². The molecule has 5 nitrogen and oxygen atoms in total. The fraction of sp³-hybridized carbons (Fsp3) is 0.118. The van der Waals surface area contributed by atoms with Gasteiger partial charge in [-0.3, -0.25) is 4.79 Å². The van der Waals surface area contributed by atoms with Gasteiger partial charge >= 0.3 is 0 Å². The third-order valence-corrected chi connectivity index (χ3v) is 5.44. The van der Waals surface area contributed by atoms with Crippen LogP contribution in [-0.2, 0) is 4.79 Å². The van der Waals surface area contributed by atoms with Gasteiger partial charge in [0.2, 0.25) is 11.0 Å². The second-order valence-corrected chi connectivity index (χ2v) is 7.15. The molecule has 0 saturated heterocycles. The fourth-order valence-electron chi connectivity index (χ4n) is 2.64. The predicted molar refractivity (Wildman–Crippen MR) is 97.2 cm³/mol. The van der Waals surface area contributed by atoms with Gasteiger partial charge in [-0.15, -0.1) is 10.2 Å². The second-order valence-electron chi connectivity index (χ2n) is 5.23. The molecule has 0 fully saturated rings. The van der Waals surface area contributed by atoms with E-state index in [1.807, 2.05) is 24.3 Å². The zero-order valence-corrected chi connectivity index (χ0v) is 14.3. The highest BCUT2D eigenvalue weighted by atomic mass is 32.2. The van der Waals surface area contributed by atoms with Crippen molar-refractivity contribution in [3.8, 4) is 0 Å². The normalized spacial score (nSPS) is 12.4. The lowest BCUT2D eigenvalue weighted by Crippen LogP contribution is -2.25. The molecule has 0 atom stereocenters. The molecule has 2 aromatic carbocycles. The number of carbonyl (C=O) groups is 1. The van der Waals surface area contributed by atoms with Crippen LogP contribution in [0.5, 0.6) is 0 Å². The van der Waals surface area contributed by atoms with E-state index in [9.17, 15) is 4.79 Å². The maximum Gasteiger partial charge on any atom is 0.227 e. The molecule has 0 saturated carbocycles. The number of amides is 1. The van der Waals surface area contributed by atoms with Crippen molar-refractivity contribution in [2.75, 3.05) is 16.8 Å². The van der Waals surface area contributed by atoms with Crippen molar-refractivity contribution >= 4 is 45.5 Å². The number of nitrogens with zero attached hydrogens (tertiary/aromatic N) is 3. The first-order valence-corrected chi connectivity index (χ1v) is 9.20. The summed E-state index contributed by atoms with van der Waals surface area (Å²) < 4.78 is 0. The minimum Gasteiger partial charge on any atom is -0.339 e. The van der Waals surface area contributed by atoms with Gasteiger partial charge in [-0.1, -0.05) is 47.4 Å². The summed E-state index contributed by atoms with van der Waals surface area (Å²) in [6, 6.07) is 16.6. The van der Waals surface area contributed by atoms with Crippen molar-refractivity contribution in [3.05, 3.63) is 54.0 Å². The molecular weight excluding hydrogens is 340 g/mol. The number of nitrogens with one attached hydrogen (secondary N) is 1. The highest BCUT2D eigenvalue weighted by Gasteiger charge is 2.23. The maximum absolute atomic E-state index is 12.2. The minimum absolute atomic E-state index is 0.0556.